The number of hydrogen-bond acceptors (Lipinski definition) is 3. The molecular weight excluding hydrogens is 302 g/mol. The summed E-state index contributed by atoms with van der Waals surface area (Å²) < 4.78 is 5.30. The standard InChI is InChI=1S/C19H21N3O2/c23-18(13-22-8-10-24-11-9-22)21-20-12-16-7-6-15-5-4-14-2-1-3-17(16)19(14)15/h1-3,6-7,12H,4-5,8-11,13H2,(H,21,23)/p+1/b20-12-. The molecule has 1 aliphatic carbocycles. The van der Waals surface area contributed by atoms with Crippen molar-refractivity contribution in [1.82, 2.24) is 5.43 Å². The van der Waals surface area contributed by atoms with Crippen LogP contribution >= 0.6 is 0 Å². The monoisotopic (exact) mass is 324 g/mol. The summed E-state index contributed by atoms with van der Waals surface area (Å²) in [5.41, 5.74) is 6.54. The van der Waals surface area contributed by atoms with Crippen LogP contribution in [0.5, 0.6) is 0 Å². The Kier molecular flexibility index (Phi) is 4.28. The van der Waals surface area contributed by atoms with Crippen LogP contribution in [0.4, 0.5) is 0 Å². The van der Waals surface area contributed by atoms with Crippen LogP contribution in [0, 0.1) is 0 Å². The molecule has 1 amide bonds. The number of benzene rings is 2. The van der Waals surface area contributed by atoms with Crippen LogP contribution < -0.4 is 10.3 Å². The number of aryl methyl sites for hydroxylation is 2. The fourth-order valence-electron chi connectivity index (χ4n) is 3.66. The van der Waals surface area contributed by atoms with E-state index in [1.165, 1.54) is 26.8 Å². The molecule has 0 bridgehead atoms. The van der Waals surface area contributed by atoms with Crippen molar-refractivity contribution in [3.05, 3.63) is 47.0 Å². The Bertz CT molecular complexity index is 784. The molecular formula is C19H22N3O2+. The van der Waals surface area contributed by atoms with E-state index in [-0.39, 0.29) is 5.91 Å². The molecule has 0 saturated carbocycles. The molecule has 0 radical (unpaired) electrons. The third-order valence-corrected chi connectivity index (χ3v) is 4.91. The topological polar surface area (TPSA) is 55.1 Å². The van der Waals surface area contributed by atoms with Gasteiger partial charge in [-0.05, 0) is 34.7 Å². The lowest BCUT2D eigenvalue weighted by Crippen LogP contribution is -3.15. The van der Waals surface area contributed by atoms with Crippen LogP contribution in [0.3, 0.4) is 0 Å². The smallest absolute Gasteiger partial charge is 0.295 e. The second kappa shape index (κ2) is 6.71. The second-order valence-electron chi connectivity index (χ2n) is 6.49. The number of quaternary nitrogens is 1. The fourth-order valence-corrected chi connectivity index (χ4v) is 3.66. The van der Waals surface area contributed by atoms with Gasteiger partial charge in [-0.25, -0.2) is 5.43 Å². The average Bonchev–Trinajstić information content (AvgIpc) is 3.03. The molecule has 1 aliphatic heterocycles. The molecule has 4 rings (SSSR count). The molecule has 0 atom stereocenters. The lowest BCUT2D eigenvalue weighted by molar-refractivity contribution is -0.900. The minimum absolute atomic E-state index is 0.0471. The van der Waals surface area contributed by atoms with Gasteiger partial charge in [-0.1, -0.05) is 30.3 Å². The lowest BCUT2D eigenvalue weighted by Gasteiger charge is -2.22. The van der Waals surface area contributed by atoms with Crippen molar-refractivity contribution < 1.29 is 14.4 Å². The number of carbonyl (C=O) groups excluding carboxylic acids is 1. The first kappa shape index (κ1) is 15.3. The summed E-state index contributed by atoms with van der Waals surface area (Å²) in [7, 11) is 0. The summed E-state index contributed by atoms with van der Waals surface area (Å²) >= 11 is 0. The number of hydrazone groups is 1. The molecule has 124 valence electrons. The molecule has 1 fully saturated rings. The Morgan fingerprint density at radius 2 is 1.96 bits per heavy atom. The van der Waals surface area contributed by atoms with E-state index in [1.807, 2.05) is 0 Å². The fraction of sp³-hybridized carbons (Fsp3) is 0.368. The number of morpholine rings is 1. The summed E-state index contributed by atoms with van der Waals surface area (Å²) in [5.74, 6) is -0.0471. The van der Waals surface area contributed by atoms with Crippen molar-refractivity contribution in [1.29, 1.82) is 0 Å². The quantitative estimate of drug-likeness (QED) is 0.628. The average molecular weight is 324 g/mol. The van der Waals surface area contributed by atoms with E-state index in [4.69, 9.17) is 4.74 Å². The van der Waals surface area contributed by atoms with Gasteiger partial charge >= 0.3 is 0 Å². The van der Waals surface area contributed by atoms with Crippen LogP contribution in [0.1, 0.15) is 16.7 Å². The van der Waals surface area contributed by atoms with Gasteiger partial charge in [0, 0.05) is 5.56 Å². The van der Waals surface area contributed by atoms with Gasteiger partial charge in [0.05, 0.1) is 19.4 Å². The summed E-state index contributed by atoms with van der Waals surface area (Å²) in [5, 5.41) is 6.76. The highest BCUT2D eigenvalue weighted by atomic mass is 16.5. The third-order valence-electron chi connectivity index (χ3n) is 4.91. The summed E-state index contributed by atoms with van der Waals surface area (Å²) in [4.78, 5) is 13.2. The molecule has 2 aromatic rings. The minimum atomic E-state index is -0.0471. The van der Waals surface area contributed by atoms with Crippen molar-refractivity contribution >= 4 is 22.9 Å². The molecule has 0 aromatic heterocycles. The Hall–Kier alpha value is -2.24. The van der Waals surface area contributed by atoms with Crippen molar-refractivity contribution in [3.8, 4) is 0 Å². The number of carbonyl (C=O) groups is 1. The number of nitrogens with zero attached hydrogens (tertiary/aromatic N) is 1. The summed E-state index contributed by atoms with van der Waals surface area (Å²) in [6, 6.07) is 10.7. The minimum Gasteiger partial charge on any atom is -0.370 e. The number of nitrogens with one attached hydrogen (secondary N) is 2. The van der Waals surface area contributed by atoms with E-state index in [0.29, 0.717) is 6.54 Å². The molecule has 1 saturated heterocycles. The first-order valence-electron chi connectivity index (χ1n) is 8.58. The molecule has 24 heavy (non-hydrogen) atoms. The summed E-state index contributed by atoms with van der Waals surface area (Å²) in [6.45, 7) is 3.67. The summed E-state index contributed by atoms with van der Waals surface area (Å²) in [6.07, 6.45) is 3.99. The van der Waals surface area contributed by atoms with E-state index in [0.717, 1.165) is 44.7 Å². The van der Waals surface area contributed by atoms with Crippen LogP contribution in [0.15, 0.2) is 35.4 Å². The van der Waals surface area contributed by atoms with Gasteiger partial charge in [-0.15, -0.1) is 0 Å². The largest absolute Gasteiger partial charge is 0.370 e. The lowest BCUT2D eigenvalue weighted by atomic mass is 10.0. The highest BCUT2D eigenvalue weighted by Crippen LogP contribution is 2.32. The van der Waals surface area contributed by atoms with Gasteiger partial charge in [0.25, 0.3) is 5.91 Å². The van der Waals surface area contributed by atoms with Crippen LogP contribution in [0.2, 0.25) is 0 Å². The molecule has 0 unspecified atom stereocenters. The Morgan fingerprint density at radius 3 is 2.79 bits per heavy atom. The van der Waals surface area contributed by atoms with E-state index >= 15 is 0 Å². The maximum atomic E-state index is 12.0. The number of hydrogen-bond donors (Lipinski definition) is 2. The van der Waals surface area contributed by atoms with Crippen molar-refractivity contribution in [3.63, 3.8) is 0 Å². The second-order valence-corrected chi connectivity index (χ2v) is 6.49. The molecule has 0 spiro atoms. The zero-order chi connectivity index (χ0) is 16.4. The maximum absolute atomic E-state index is 12.0. The van der Waals surface area contributed by atoms with E-state index in [1.54, 1.807) is 6.21 Å². The zero-order valence-corrected chi connectivity index (χ0v) is 13.7. The van der Waals surface area contributed by atoms with Crippen LogP contribution in [-0.2, 0) is 22.4 Å². The van der Waals surface area contributed by atoms with E-state index in [9.17, 15) is 4.79 Å². The number of amides is 1. The van der Waals surface area contributed by atoms with Gasteiger partial charge in [0.2, 0.25) is 0 Å². The molecule has 5 nitrogen and oxygen atoms in total. The van der Waals surface area contributed by atoms with Gasteiger partial charge in [-0.2, -0.15) is 5.10 Å². The molecule has 2 aromatic carbocycles. The van der Waals surface area contributed by atoms with E-state index < -0.39 is 0 Å². The van der Waals surface area contributed by atoms with Gasteiger partial charge < -0.3 is 9.64 Å². The molecule has 2 aliphatic rings. The van der Waals surface area contributed by atoms with Crippen LogP contribution in [-0.4, -0.2) is 45.0 Å². The molecule has 2 N–H and O–H groups in total. The highest BCUT2D eigenvalue weighted by Gasteiger charge is 2.17. The number of ether oxygens (including phenoxy) is 1. The van der Waals surface area contributed by atoms with E-state index in [2.05, 4.69) is 40.9 Å². The normalized spacial score (nSPS) is 17.7. The Morgan fingerprint density at radius 1 is 1.17 bits per heavy atom. The van der Waals surface area contributed by atoms with Crippen molar-refractivity contribution in [2.45, 2.75) is 12.8 Å². The predicted octanol–water partition coefficient (Wildman–Crippen LogP) is 0.304. The van der Waals surface area contributed by atoms with Gasteiger partial charge in [0.1, 0.15) is 13.1 Å². The maximum Gasteiger partial charge on any atom is 0.295 e. The SMILES string of the molecule is O=C(C[NH+]1CCOCC1)N/N=C\c1ccc2c3c(cccc13)CC2. The number of rotatable bonds is 4. The van der Waals surface area contributed by atoms with Crippen LogP contribution in [0.25, 0.3) is 10.8 Å². The molecule has 5 heteroatoms. The van der Waals surface area contributed by atoms with Gasteiger partial charge in [0.15, 0.2) is 6.54 Å². The Labute approximate surface area is 141 Å². The van der Waals surface area contributed by atoms with Crippen molar-refractivity contribution in [2.24, 2.45) is 5.10 Å². The highest BCUT2D eigenvalue weighted by molar-refractivity contribution is 6.03. The zero-order valence-electron chi connectivity index (χ0n) is 13.7. The molecule has 1 heterocycles. The van der Waals surface area contributed by atoms with Crippen molar-refractivity contribution in [2.75, 3.05) is 32.8 Å². The first-order valence-corrected chi connectivity index (χ1v) is 8.58. The van der Waals surface area contributed by atoms with Gasteiger partial charge in [-0.3, -0.25) is 4.79 Å². The first-order chi connectivity index (χ1) is 11.8. The predicted molar refractivity (Wildman–Crippen MR) is 93.5 cm³/mol. The Balaban J connectivity index is 1.45. The third kappa shape index (κ3) is 3.05.